The maximum Gasteiger partial charge on any atom is 0.324 e. The van der Waals surface area contributed by atoms with E-state index in [0.717, 1.165) is 23.2 Å². The number of nitrogens with zero attached hydrogens (tertiary/aromatic N) is 2. The summed E-state index contributed by atoms with van der Waals surface area (Å²) in [6.45, 7) is 3.75. The van der Waals surface area contributed by atoms with E-state index < -0.39 is 0 Å². The summed E-state index contributed by atoms with van der Waals surface area (Å²) in [5.74, 6) is 1.09. The van der Waals surface area contributed by atoms with Crippen LogP contribution in [0.25, 0.3) is 0 Å². The molecule has 0 bridgehead atoms. The van der Waals surface area contributed by atoms with Crippen LogP contribution in [0, 0.1) is 0 Å². The second-order valence-corrected chi connectivity index (χ2v) is 8.84. The SMILES string of the molecule is CCC(C(=O)Nc1cccc(N2CCCN(Cc3cc(OC)cc(OC)c3)C2=O)c1)c1ccccc1. The topological polar surface area (TPSA) is 71.1 Å². The minimum Gasteiger partial charge on any atom is -0.497 e. The van der Waals surface area contributed by atoms with Crippen LogP contribution in [0.2, 0.25) is 0 Å². The number of hydrogen-bond acceptors (Lipinski definition) is 4. The number of ether oxygens (including phenoxy) is 2. The molecule has 188 valence electrons. The summed E-state index contributed by atoms with van der Waals surface area (Å²) in [6.07, 6.45) is 1.54. The average molecular weight is 488 g/mol. The predicted octanol–water partition coefficient (Wildman–Crippen LogP) is 5.67. The van der Waals surface area contributed by atoms with Crippen LogP contribution in [0.4, 0.5) is 16.2 Å². The lowest BCUT2D eigenvalue weighted by Gasteiger charge is -2.36. The Hall–Kier alpha value is -4.00. The number of rotatable bonds is 9. The predicted molar refractivity (Wildman–Crippen MR) is 142 cm³/mol. The van der Waals surface area contributed by atoms with Gasteiger partial charge in [-0.3, -0.25) is 9.69 Å². The van der Waals surface area contributed by atoms with Crippen LogP contribution >= 0.6 is 0 Å². The number of methoxy groups -OCH3 is 2. The van der Waals surface area contributed by atoms with Crippen molar-refractivity contribution in [3.63, 3.8) is 0 Å². The van der Waals surface area contributed by atoms with E-state index in [-0.39, 0.29) is 17.9 Å². The molecular weight excluding hydrogens is 454 g/mol. The van der Waals surface area contributed by atoms with Gasteiger partial charge in [-0.1, -0.05) is 43.3 Å². The molecule has 3 amide bonds. The Morgan fingerprint density at radius 1 is 0.944 bits per heavy atom. The van der Waals surface area contributed by atoms with Gasteiger partial charge in [0.1, 0.15) is 11.5 Å². The van der Waals surface area contributed by atoms with Gasteiger partial charge in [-0.05, 0) is 54.3 Å². The molecular formula is C29H33N3O4. The van der Waals surface area contributed by atoms with Crippen molar-refractivity contribution >= 4 is 23.3 Å². The summed E-state index contributed by atoms with van der Waals surface area (Å²) in [5.41, 5.74) is 3.37. The van der Waals surface area contributed by atoms with Crippen molar-refractivity contribution in [1.29, 1.82) is 0 Å². The molecule has 1 heterocycles. The standard InChI is InChI=1S/C29H33N3O4/c1-4-27(22-10-6-5-7-11-22)28(33)30-23-12-8-13-24(18-23)32-15-9-14-31(29(32)34)20-21-16-25(35-2)19-26(17-21)36-3/h5-8,10-13,16-19,27H,4,9,14-15,20H2,1-3H3,(H,30,33). The lowest BCUT2D eigenvalue weighted by molar-refractivity contribution is -0.117. The van der Waals surface area contributed by atoms with E-state index in [1.54, 1.807) is 19.1 Å². The molecule has 0 spiro atoms. The second kappa shape index (κ2) is 11.6. The van der Waals surface area contributed by atoms with Crippen molar-refractivity contribution in [2.75, 3.05) is 37.5 Å². The molecule has 3 aromatic rings. The molecule has 1 aliphatic heterocycles. The third-order valence-electron chi connectivity index (χ3n) is 6.45. The molecule has 7 nitrogen and oxygen atoms in total. The van der Waals surface area contributed by atoms with Gasteiger partial charge in [0.25, 0.3) is 0 Å². The largest absolute Gasteiger partial charge is 0.497 e. The minimum absolute atomic E-state index is 0.0561. The fraction of sp³-hybridized carbons (Fsp3) is 0.310. The Morgan fingerprint density at radius 2 is 1.67 bits per heavy atom. The Labute approximate surface area is 212 Å². The fourth-order valence-corrected chi connectivity index (χ4v) is 4.58. The van der Waals surface area contributed by atoms with E-state index in [4.69, 9.17) is 9.47 Å². The van der Waals surface area contributed by atoms with Crippen molar-refractivity contribution in [2.24, 2.45) is 0 Å². The van der Waals surface area contributed by atoms with Crippen LogP contribution in [-0.2, 0) is 11.3 Å². The lowest BCUT2D eigenvalue weighted by atomic mass is 9.95. The Kier molecular flexibility index (Phi) is 8.10. The molecule has 0 radical (unpaired) electrons. The van der Waals surface area contributed by atoms with Gasteiger partial charge in [-0.2, -0.15) is 0 Å². The van der Waals surface area contributed by atoms with Gasteiger partial charge < -0.3 is 19.7 Å². The third-order valence-corrected chi connectivity index (χ3v) is 6.45. The second-order valence-electron chi connectivity index (χ2n) is 8.84. The number of carbonyl (C=O) groups excluding carboxylic acids is 2. The van der Waals surface area contributed by atoms with Crippen LogP contribution in [0.3, 0.4) is 0 Å². The summed E-state index contributed by atoms with van der Waals surface area (Å²) in [6, 6.07) is 22.9. The summed E-state index contributed by atoms with van der Waals surface area (Å²) in [7, 11) is 3.22. The summed E-state index contributed by atoms with van der Waals surface area (Å²) < 4.78 is 10.7. The number of benzene rings is 3. The highest BCUT2D eigenvalue weighted by Crippen LogP contribution is 2.28. The first kappa shape index (κ1) is 25.1. The molecule has 1 unspecified atom stereocenters. The van der Waals surface area contributed by atoms with Crippen LogP contribution in [0.15, 0.2) is 72.8 Å². The van der Waals surface area contributed by atoms with Gasteiger partial charge in [0.2, 0.25) is 5.91 Å². The molecule has 0 aromatic heterocycles. The normalized spacial score (nSPS) is 14.4. The number of hydrogen-bond donors (Lipinski definition) is 1. The highest BCUT2D eigenvalue weighted by Gasteiger charge is 2.27. The zero-order valence-electron chi connectivity index (χ0n) is 21.1. The van der Waals surface area contributed by atoms with Gasteiger partial charge in [0, 0.05) is 37.1 Å². The molecule has 3 aromatic carbocycles. The van der Waals surface area contributed by atoms with Gasteiger partial charge in [-0.15, -0.1) is 0 Å². The molecule has 1 N–H and O–H groups in total. The molecule has 1 atom stereocenters. The van der Waals surface area contributed by atoms with E-state index >= 15 is 0 Å². The Bertz CT molecular complexity index is 1180. The van der Waals surface area contributed by atoms with E-state index in [1.165, 1.54) is 0 Å². The monoisotopic (exact) mass is 487 g/mol. The van der Waals surface area contributed by atoms with Crippen LogP contribution in [0.5, 0.6) is 11.5 Å². The first-order valence-electron chi connectivity index (χ1n) is 12.3. The minimum atomic E-state index is -0.234. The van der Waals surface area contributed by atoms with Crippen LogP contribution < -0.4 is 19.7 Å². The molecule has 36 heavy (non-hydrogen) atoms. The highest BCUT2D eigenvalue weighted by atomic mass is 16.5. The molecule has 0 saturated carbocycles. The maximum atomic E-state index is 13.4. The van der Waals surface area contributed by atoms with Crippen LogP contribution in [0.1, 0.15) is 36.8 Å². The zero-order chi connectivity index (χ0) is 25.5. The van der Waals surface area contributed by atoms with Gasteiger partial charge in [0.05, 0.1) is 20.1 Å². The van der Waals surface area contributed by atoms with Gasteiger partial charge >= 0.3 is 6.03 Å². The Balaban J connectivity index is 1.48. The molecule has 0 aliphatic carbocycles. The number of anilines is 2. The smallest absolute Gasteiger partial charge is 0.324 e. The average Bonchev–Trinajstić information content (AvgIpc) is 2.91. The lowest BCUT2D eigenvalue weighted by Crippen LogP contribution is -2.49. The zero-order valence-corrected chi connectivity index (χ0v) is 21.1. The molecule has 7 heteroatoms. The number of urea groups is 1. The van der Waals surface area contributed by atoms with Crippen molar-refractivity contribution in [3.8, 4) is 11.5 Å². The van der Waals surface area contributed by atoms with Crippen molar-refractivity contribution < 1.29 is 19.1 Å². The van der Waals surface area contributed by atoms with Crippen molar-refractivity contribution in [2.45, 2.75) is 32.2 Å². The summed E-state index contributed by atoms with van der Waals surface area (Å²) >= 11 is 0. The molecule has 1 saturated heterocycles. The van der Waals surface area contributed by atoms with E-state index in [2.05, 4.69) is 5.32 Å². The van der Waals surface area contributed by atoms with E-state index in [0.29, 0.717) is 43.2 Å². The first-order valence-corrected chi connectivity index (χ1v) is 12.3. The van der Waals surface area contributed by atoms with Crippen molar-refractivity contribution in [1.82, 2.24) is 4.90 Å². The summed E-state index contributed by atoms with van der Waals surface area (Å²) in [5, 5.41) is 3.04. The maximum absolute atomic E-state index is 13.4. The molecule has 4 rings (SSSR count). The molecule has 1 fully saturated rings. The van der Waals surface area contributed by atoms with Crippen molar-refractivity contribution in [3.05, 3.63) is 83.9 Å². The van der Waals surface area contributed by atoms with E-state index in [1.807, 2.05) is 84.6 Å². The Morgan fingerprint density at radius 3 is 2.33 bits per heavy atom. The van der Waals surface area contributed by atoms with Crippen LogP contribution in [-0.4, -0.2) is 44.1 Å². The number of amides is 3. The highest BCUT2D eigenvalue weighted by molar-refractivity contribution is 5.97. The quantitative estimate of drug-likeness (QED) is 0.422. The number of carbonyl (C=O) groups is 2. The van der Waals surface area contributed by atoms with Gasteiger partial charge in [0.15, 0.2) is 0 Å². The van der Waals surface area contributed by atoms with Gasteiger partial charge in [-0.25, -0.2) is 4.79 Å². The molecule has 1 aliphatic rings. The third kappa shape index (κ3) is 5.79. The summed E-state index contributed by atoms with van der Waals surface area (Å²) in [4.78, 5) is 30.0. The van der Waals surface area contributed by atoms with E-state index in [9.17, 15) is 9.59 Å². The number of nitrogens with one attached hydrogen (secondary N) is 1. The fourth-order valence-electron chi connectivity index (χ4n) is 4.58. The first-order chi connectivity index (χ1) is 17.5.